The van der Waals surface area contributed by atoms with Gasteiger partial charge in [-0.25, -0.2) is 5.84 Å². The van der Waals surface area contributed by atoms with Crippen LogP contribution in [0.1, 0.15) is 43.1 Å². The van der Waals surface area contributed by atoms with E-state index in [2.05, 4.69) is 27.6 Å². The van der Waals surface area contributed by atoms with Crippen molar-refractivity contribution in [2.45, 2.75) is 45.2 Å². The van der Waals surface area contributed by atoms with Gasteiger partial charge in [0.1, 0.15) is 0 Å². The van der Waals surface area contributed by atoms with Crippen LogP contribution in [0, 0.1) is 0 Å². The molecule has 0 radical (unpaired) electrons. The molecular weight excluding hydrogens is 244 g/mol. The molecule has 1 aliphatic heterocycles. The average molecular weight is 266 g/mol. The van der Waals surface area contributed by atoms with Crippen molar-refractivity contribution in [2.75, 3.05) is 13.1 Å². The maximum atomic E-state index is 11.3. The zero-order valence-corrected chi connectivity index (χ0v) is 11.4. The largest absolute Gasteiger partial charge is 0.299 e. The SMILES string of the molecule is CC1CCCCCN1CCn1cc(C(=O)NN)nn1. The summed E-state index contributed by atoms with van der Waals surface area (Å²) in [5, 5.41) is 7.73. The topological polar surface area (TPSA) is 89.1 Å². The molecule has 2 rings (SSSR count). The Balaban J connectivity index is 1.87. The molecule has 1 aromatic heterocycles. The number of amides is 1. The lowest BCUT2D eigenvalue weighted by Crippen LogP contribution is -2.35. The minimum Gasteiger partial charge on any atom is -0.299 e. The van der Waals surface area contributed by atoms with Crippen molar-refractivity contribution >= 4 is 5.91 Å². The number of carbonyl (C=O) groups is 1. The van der Waals surface area contributed by atoms with Crippen molar-refractivity contribution in [1.82, 2.24) is 25.3 Å². The van der Waals surface area contributed by atoms with Gasteiger partial charge in [-0.1, -0.05) is 18.1 Å². The van der Waals surface area contributed by atoms with Crippen LogP contribution >= 0.6 is 0 Å². The molecule has 1 fully saturated rings. The van der Waals surface area contributed by atoms with E-state index >= 15 is 0 Å². The molecule has 3 N–H and O–H groups in total. The van der Waals surface area contributed by atoms with Crippen LogP contribution in [0.25, 0.3) is 0 Å². The smallest absolute Gasteiger partial charge is 0.287 e. The van der Waals surface area contributed by atoms with Crippen LogP contribution in [0.2, 0.25) is 0 Å². The predicted molar refractivity (Wildman–Crippen MR) is 71.2 cm³/mol. The fourth-order valence-corrected chi connectivity index (χ4v) is 2.48. The molecule has 7 heteroatoms. The van der Waals surface area contributed by atoms with Gasteiger partial charge in [0.25, 0.3) is 5.91 Å². The van der Waals surface area contributed by atoms with Gasteiger partial charge in [0.15, 0.2) is 5.69 Å². The highest BCUT2D eigenvalue weighted by Crippen LogP contribution is 2.15. The second-order valence-electron chi connectivity index (χ2n) is 5.07. The summed E-state index contributed by atoms with van der Waals surface area (Å²) in [5.74, 6) is 4.65. The molecule has 19 heavy (non-hydrogen) atoms. The Morgan fingerprint density at radius 3 is 3.11 bits per heavy atom. The lowest BCUT2D eigenvalue weighted by atomic mass is 10.1. The molecule has 7 nitrogen and oxygen atoms in total. The molecular formula is C12H22N6O. The highest BCUT2D eigenvalue weighted by atomic mass is 16.2. The quantitative estimate of drug-likeness (QED) is 0.460. The highest BCUT2D eigenvalue weighted by Gasteiger charge is 2.17. The van der Waals surface area contributed by atoms with Crippen molar-refractivity contribution < 1.29 is 4.79 Å². The van der Waals surface area contributed by atoms with E-state index in [1.807, 2.05) is 0 Å². The normalized spacial score (nSPS) is 21.1. The van der Waals surface area contributed by atoms with Crippen molar-refractivity contribution in [1.29, 1.82) is 0 Å². The Morgan fingerprint density at radius 2 is 2.32 bits per heavy atom. The fourth-order valence-electron chi connectivity index (χ4n) is 2.48. The first-order valence-corrected chi connectivity index (χ1v) is 6.86. The van der Waals surface area contributed by atoms with Gasteiger partial charge in [-0.2, -0.15) is 0 Å². The zero-order valence-electron chi connectivity index (χ0n) is 11.4. The van der Waals surface area contributed by atoms with E-state index in [4.69, 9.17) is 5.84 Å². The standard InChI is InChI=1S/C12H22N6O/c1-10-5-3-2-4-6-17(10)7-8-18-9-11(15-16-18)12(19)14-13/h9-10H,2-8,13H2,1H3,(H,14,19). The second-order valence-corrected chi connectivity index (χ2v) is 5.07. The van der Waals surface area contributed by atoms with E-state index in [1.165, 1.54) is 25.7 Å². The van der Waals surface area contributed by atoms with Gasteiger partial charge in [-0.15, -0.1) is 5.10 Å². The zero-order chi connectivity index (χ0) is 13.7. The number of nitrogen functional groups attached to an aromatic ring is 1. The van der Waals surface area contributed by atoms with Gasteiger partial charge < -0.3 is 0 Å². The molecule has 1 saturated heterocycles. The monoisotopic (exact) mass is 266 g/mol. The van der Waals surface area contributed by atoms with Crippen LogP contribution in [0.4, 0.5) is 0 Å². The maximum Gasteiger partial charge on any atom is 0.287 e. The highest BCUT2D eigenvalue weighted by molar-refractivity contribution is 5.91. The summed E-state index contributed by atoms with van der Waals surface area (Å²) in [7, 11) is 0. The number of aromatic nitrogens is 3. The van der Waals surface area contributed by atoms with Crippen LogP contribution in [0.3, 0.4) is 0 Å². The molecule has 1 atom stereocenters. The lowest BCUT2D eigenvalue weighted by molar-refractivity contribution is 0.0948. The van der Waals surface area contributed by atoms with Gasteiger partial charge in [-0.05, 0) is 26.3 Å². The molecule has 0 spiro atoms. The number of hydrogen-bond acceptors (Lipinski definition) is 5. The maximum absolute atomic E-state index is 11.3. The van der Waals surface area contributed by atoms with E-state index in [-0.39, 0.29) is 5.69 Å². The summed E-state index contributed by atoms with van der Waals surface area (Å²) < 4.78 is 1.70. The van der Waals surface area contributed by atoms with E-state index in [0.29, 0.717) is 6.04 Å². The first-order chi connectivity index (χ1) is 9.20. The summed E-state index contributed by atoms with van der Waals surface area (Å²) >= 11 is 0. The number of nitrogens with two attached hydrogens (primary N) is 1. The second kappa shape index (κ2) is 6.63. The molecule has 0 saturated carbocycles. The Labute approximate surface area is 113 Å². The van der Waals surface area contributed by atoms with Crippen LogP contribution in [0.5, 0.6) is 0 Å². The van der Waals surface area contributed by atoms with Crippen LogP contribution in [-0.2, 0) is 6.54 Å². The number of rotatable bonds is 4. The van der Waals surface area contributed by atoms with Crippen molar-refractivity contribution in [3.05, 3.63) is 11.9 Å². The number of carbonyl (C=O) groups excluding carboxylic acids is 1. The predicted octanol–water partition coefficient (Wildman–Crippen LogP) is 0.146. The summed E-state index contributed by atoms with van der Waals surface area (Å²) in [4.78, 5) is 13.8. The van der Waals surface area contributed by atoms with Gasteiger partial charge in [0.2, 0.25) is 0 Å². The number of likely N-dealkylation sites (tertiary alicyclic amines) is 1. The van der Waals surface area contributed by atoms with Crippen molar-refractivity contribution in [2.24, 2.45) is 5.84 Å². The van der Waals surface area contributed by atoms with Crippen LogP contribution in [0.15, 0.2) is 6.20 Å². The molecule has 106 valence electrons. The third-order valence-corrected chi connectivity index (χ3v) is 3.71. The first kappa shape index (κ1) is 14.0. The summed E-state index contributed by atoms with van der Waals surface area (Å²) in [6.07, 6.45) is 6.80. The summed E-state index contributed by atoms with van der Waals surface area (Å²) in [6, 6.07) is 0.623. The van der Waals surface area contributed by atoms with Gasteiger partial charge in [0, 0.05) is 12.6 Å². The third-order valence-electron chi connectivity index (χ3n) is 3.71. The summed E-state index contributed by atoms with van der Waals surface area (Å²) in [6.45, 7) is 5.11. The summed E-state index contributed by atoms with van der Waals surface area (Å²) in [5.41, 5.74) is 2.31. The molecule has 1 aromatic rings. The van der Waals surface area contributed by atoms with E-state index in [0.717, 1.165) is 19.6 Å². The van der Waals surface area contributed by atoms with Crippen LogP contribution in [-0.4, -0.2) is 44.9 Å². The number of nitrogens with one attached hydrogen (secondary N) is 1. The molecule has 0 aromatic carbocycles. The number of hydrogen-bond donors (Lipinski definition) is 2. The third kappa shape index (κ3) is 3.74. The van der Waals surface area contributed by atoms with Crippen molar-refractivity contribution in [3.63, 3.8) is 0 Å². The Hall–Kier alpha value is -1.47. The van der Waals surface area contributed by atoms with Crippen LogP contribution < -0.4 is 11.3 Å². The van der Waals surface area contributed by atoms with Gasteiger partial charge in [0.05, 0.1) is 12.7 Å². The first-order valence-electron chi connectivity index (χ1n) is 6.86. The molecule has 1 unspecified atom stereocenters. The molecule has 0 bridgehead atoms. The van der Waals surface area contributed by atoms with Gasteiger partial charge >= 0.3 is 0 Å². The Bertz CT molecular complexity index is 418. The lowest BCUT2D eigenvalue weighted by Gasteiger charge is -2.26. The Kier molecular flexibility index (Phi) is 4.86. The van der Waals surface area contributed by atoms with Crippen molar-refractivity contribution in [3.8, 4) is 0 Å². The number of hydrazine groups is 1. The minimum atomic E-state index is -0.408. The fraction of sp³-hybridized carbons (Fsp3) is 0.750. The molecule has 1 amide bonds. The van der Waals surface area contributed by atoms with Gasteiger partial charge in [-0.3, -0.25) is 19.8 Å². The van der Waals surface area contributed by atoms with E-state index in [1.54, 1.807) is 10.9 Å². The average Bonchev–Trinajstić information content (AvgIpc) is 2.80. The van der Waals surface area contributed by atoms with E-state index in [9.17, 15) is 4.79 Å². The molecule has 2 heterocycles. The molecule has 0 aliphatic carbocycles. The minimum absolute atomic E-state index is 0.256. The molecule has 1 aliphatic rings. The van der Waals surface area contributed by atoms with E-state index < -0.39 is 5.91 Å². The number of nitrogens with zero attached hydrogens (tertiary/aromatic N) is 4. The Morgan fingerprint density at radius 1 is 1.47 bits per heavy atom.